The molecule has 6 nitrogen and oxygen atoms in total. The number of phenolic OH excluding ortho intramolecular Hbond substituents is 1. The zero-order valence-electron chi connectivity index (χ0n) is 26.2. The number of likely N-dealkylation sites (N-methyl/N-ethyl adjacent to an activating group) is 1. The third-order valence-corrected chi connectivity index (χ3v) is 11.2. The van der Waals surface area contributed by atoms with Crippen LogP contribution in [0.15, 0.2) is 42.5 Å². The summed E-state index contributed by atoms with van der Waals surface area (Å²) in [6.45, 7) is 4.86. The number of hydrogen-bond acceptors (Lipinski definition) is 6. The van der Waals surface area contributed by atoms with Gasteiger partial charge >= 0.3 is 0 Å². The van der Waals surface area contributed by atoms with Crippen LogP contribution in [0.2, 0.25) is 0 Å². The van der Waals surface area contributed by atoms with Crippen molar-refractivity contribution in [3.05, 3.63) is 59.4 Å². The molecule has 3 aliphatic carbocycles. The van der Waals surface area contributed by atoms with Crippen LogP contribution in [0.3, 0.4) is 0 Å². The molecule has 0 amide bonds. The van der Waals surface area contributed by atoms with Gasteiger partial charge in [0, 0.05) is 41.6 Å². The number of aromatic hydroxyl groups is 1. The van der Waals surface area contributed by atoms with Gasteiger partial charge in [-0.15, -0.1) is 0 Å². The summed E-state index contributed by atoms with van der Waals surface area (Å²) in [5, 5.41) is 22.9. The van der Waals surface area contributed by atoms with Gasteiger partial charge in [0.25, 0.3) is 0 Å². The maximum absolute atomic E-state index is 17.4. The van der Waals surface area contributed by atoms with E-state index in [9.17, 15) is 10.4 Å². The molecule has 7 heteroatoms. The van der Waals surface area contributed by atoms with E-state index in [1.807, 2.05) is 24.3 Å². The van der Waals surface area contributed by atoms with E-state index in [2.05, 4.69) is 35.9 Å². The molecule has 1 N–H and O–H groups in total. The number of benzene rings is 3. The summed E-state index contributed by atoms with van der Waals surface area (Å²) in [5.41, 5.74) is 4.33. The third kappa shape index (κ3) is 4.72. The van der Waals surface area contributed by atoms with Gasteiger partial charge in [-0.3, -0.25) is 0 Å². The standard InChI is InChI=1S/C38H41FN4O2/c1-22-15-32-37(43(20-22)36-25-11-12-26(36)16-25)31-18-24(8-5-13-40)33(30-19-28(44)17-23-7-3-4-10-29(23)30)34(39)35(31)41-38(32)45-21-27-9-6-14-42(27)2/h3-4,7,10,17-19,22,25-27,36,44H,5-6,8-9,11-12,14-16,20-21H2,1-2H3/t22?,25?,26?,27-,36?/m0/s1. The number of halogens is 1. The van der Waals surface area contributed by atoms with Gasteiger partial charge in [-0.25, -0.2) is 9.37 Å². The lowest BCUT2D eigenvalue weighted by Crippen LogP contribution is -2.52. The lowest BCUT2D eigenvalue weighted by atomic mass is 9.75. The molecule has 232 valence electrons. The normalized spacial score (nSPS) is 25.8. The topological polar surface area (TPSA) is 72.6 Å². The number of phenols is 1. The summed E-state index contributed by atoms with van der Waals surface area (Å²) in [6, 6.07) is 16.3. The number of aromatic nitrogens is 1. The van der Waals surface area contributed by atoms with E-state index in [-0.39, 0.29) is 12.2 Å². The predicted octanol–water partition coefficient (Wildman–Crippen LogP) is 7.63. The van der Waals surface area contributed by atoms with Gasteiger partial charge in [0.1, 0.15) is 17.9 Å². The quantitative estimate of drug-likeness (QED) is 0.234. The van der Waals surface area contributed by atoms with Crippen LogP contribution in [0.4, 0.5) is 10.1 Å². The molecule has 3 heterocycles. The smallest absolute Gasteiger partial charge is 0.219 e. The first-order chi connectivity index (χ1) is 21.9. The average molecular weight is 605 g/mol. The second-order valence-corrected chi connectivity index (χ2v) is 14.1. The molecule has 3 aromatic carbocycles. The van der Waals surface area contributed by atoms with Crippen molar-refractivity contribution in [2.24, 2.45) is 17.8 Å². The molecular weight excluding hydrogens is 563 g/mol. The number of ether oxygens (including phenoxy) is 1. The minimum absolute atomic E-state index is 0.0816. The molecule has 4 atom stereocenters. The van der Waals surface area contributed by atoms with E-state index in [0.717, 1.165) is 65.3 Å². The van der Waals surface area contributed by atoms with Crippen molar-refractivity contribution in [3.8, 4) is 28.8 Å². The van der Waals surface area contributed by atoms with Gasteiger partial charge in [-0.1, -0.05) is 31.2 Å². The number of nitriles is 1. The SMILES string of the molecule is CC1Cc2c(OC[C@@H]3CCCN3C)nc3c(F)c(-c4cc(O)cc5ccccc45)c(CCC#N)cc3c2N(C2C3CCC2C3)C1. The largest absolute Gasteiger partial charge is 0.508 e. The average Bonchev–Trinajstić information content (AvgIpc) is 3.77. The van der Waals surface area contributed by atoms with Crippen LogP contribution in [0.25, 0.3) is 32.8 Å². The lowest BCUT2D eigenvalue weighted by molar-refractivity contribution is 0.190. The Labute approximate surface area is 264 Å². The van der Waals surface area contributed by atoms with Crippen LogP contribution in [-0.4, -0.2) is 53.8 Å². The molecule has 5 aliphatic rings. The van der Waals surface area contributed by atoms with Crippen LogP contribution in [0.5, 0.6) is 11.6 Å². The Morgan fingerprint density at radius 1 is 1.11 bits per heavy atom. The monoisotopic (exact) mass is 604 g/mol. The van der Waals surface area contributed by atoms with E-state index in [1.165, 1.54) is 19.3 Å². The molecule has 1 aromatic heterocycles. The number of nitrogens with zero attached hydrogens (tertiary/aromatic N) is 4. The third-order valence-electron chi connectivity index (χ3n) is 11.2. The Balaban J connectivity index is 1.38. The van der Waals surface area contributed by atoms with E-state index in [1.54, 1.807) is 12.1 Å². The Bertz CT molecular complexity index is 1840. The Kier molecular flexibility index (Phi) is 7.09. The number of fused-ring (bicyclic) bond motifs is 5. The second kappa shape index (κ2) is 11.2. The number of hydrogen-bond donors (Lipinski definition) is 1. The fourth-order valence-electron chi connectivity index (χ4n) is 9.07. The molecule has 4 aromatic rings. The first-order valence-electron chi connectivity index (χ1n) is 16.8. The highest BCUT2D eigenvalue weighted by Crippen LogP contribution is 2.55. The van der Waals surface area contributed by atoms with E-state index in [0.29, 0.717) is 65.4 Å². The number of anilines is 1. The van der Waals surface area contributed by atoms with Gasteiger partial charge in [-0.2, -0.15) is 5.26 Å². The Morgan fingerprint density at radius 3 is 2.69 bits per heavy atom. The number of rotatable bonds is 7. The van der Waals surface area contributed by atoms with E-state index in [4.69, 9.17) is 9.72 Å². The highest BCUT2D eigenvalue weighted by molar-refractivity contribution is 6.04. The molecule has 4 fully saturated rings. The molecule has 2 bridgehead atoms. The minimum atomic E-state index is -0.406. The fraction of sp³-hybridized carbons (Fsp3) is 0.474. The van der Waals surface area contributed by atoms with Crippen molar-refractivity contribution in [1.29, 1.82) is 5.26 Å². The van der Waals surface area contributed by atoms with Gasteiger partial charge in [0.15, 0.2) is 5.82 Å². The van der Waals surface area contributed by atoms with Crippen LogP contribution in [0, 0.1) is 34.9 Å². The summed E-state index contributed by atoms with van der Waals surface area (Å²) in [5.74, 6) is 2.06. The summed E-state index contributed by atoms with van der Waals surface area (Å²) in [7, 11) is 2.15. The first-order valence-corrected chi connectivity index (χ1v) is 16.8. The van der Waals surface area contributed by atoms with Gasteiger partial charge in [-0.05, 0) is 116 Å². The highest BCUT2D eigenvalue weighted by Gasteiger charge is 2.51. The van der Waals surface area contributed by atoms with Crippen LogP contribution in [-0.2, 0) is 12.8 Å². The molecular formula is C38H41FN4O2. The summed E-state index contributed by atoms with van der Waals surface area (Å²) < 4.78 is 24.0. The lowest BCUT2D eigenvalue weighted by Gasteiger charge is -2.49. The van der Waals surface area contributed by atoms with Crippen molar-refractivity contribution in [2.75, 3.05) is 31.6 Å². The maximum atomic E-state index is 17.4. The summed E-state index contributed by atoms with van der Waals surface area (Å²) in [6.07, 6.45) is 7.61. The van der Waals surface area contributed by atoms with Crippen LogP contribution >= 0.6 is 0 Å². The van der Waals surface area contributed by atoms with Gasteiger partial charge in [0.05, 0.1) is 11.8 Å². The first kappa shape index (κ1) is 28.6. The Morgan fingerprint density at radius 2 is 1.93 bits per heavy atom. The van der Waals surface area contributed by atoms with E-state index >= 15 is 4.39 Å². The molecule has 0 radical (unpaired) electrons. The van der Waals surface area contributed by atoms with Crippen LogP contribution < -0.4 is 9.64 Å². The molecule has 9 rings (SSSR count). The van der Waals surface area contributed by atoms with E-state index < -0.39 is 5.82 Å². The number of likely N-dealkylation sites (tertiary alicyclic amines) is 1. The molecule has 3 unspecified atom stereocenters. The zero-order chi connectivity index (χ0) is 30.8. The Hall–Kier alpha value is -3.89. The molecule has 45 heavy (non-hydrogen) atoms. The van der Waals surface area contributed by atoms with Crippen molar-refractivity contribution >= 4 is 27.4 Å². The van der Waals surface area contributed by atoms with Gasteiger partial charge in [0.2, 0.25) is 5.88 Å². The zero-order valence-corrected chi connectivity index (χ0v) is 26.2. The highest BCUT2D eigenvalue weighted by atomic mass is 19.1. The van der Waals surface area contributed by atoms with Crippen molar-refractivity contribution in [2.45, 2.75) is 70.4 Å². The molecule has 3 saturated carbocycles. The van der Waals surface area contributed by atoms with Gasteiger partial charge < -0.3 is 19.6 Å². The molecule has 2 aliphatic heterocycles. The number of aryl methyl sites for hydroxylation is 1. The second-order valence-electron chi connectivity index (χ2n) is 14.1. The van der Waals surface area contributed by atoms with Crippen molar-refractivity contribution in [1.82, 2.24) is 9.88 Å². The number of pyridine rings is 1. The predicted molar refractivity (Wildman–Crippen MR) is 176 cm³/mol. The maximum Gasteiger partial charge on any atom is 0.219 e. The van der Waals surface area contributed by atoms with Crippen molar-refractivity contribution in [3.63, 3.8) is 0 Å². The summed E-state index contributed by atoms with van der Waals surface area (Å²) >= 11 is 0. The van der Waals surface area contributed by atoms with Crippen LogP contribution in [0.1, 0.15) is 56.6 Å². The molecule has 1 saturated heterocycles. The fourth-order valence-corrected chi connectivity index (χ4v) is 9.07. The minimum Gasteiger partial charge on any atom is -0.508 e. The molecule has 0 spiro atoms. The van der Waals surface area contributed by atoms with Crippen molar-refractivity contribution < 1.29 is 14.2 Å². The summed E-state index contributed by atoms with van der Waals surface area (Å²) in [4.78, 5) is 9.99.